The summed E-state index contributed by atoms with van der Waals surface area (Å²) >= 11 is 0. The highest BCUT2D eigenvalue weighted by Gasteiger charge is 2.37. The van der Waals surface area contributed by atoms with Gasteiger partial charge >= 0.3 is 12.0 Å². The number of aryl methyl sites for hydroxylation is 1. The number of amides is 3. The summed E-state index contributed by atoms with van der Waals surface area (Å²) in [5.41, 5.74) is 3.50. The van der Waals surface area contributed by atoms with Gasteiger partial charge in [0.25, 0.3) is 5.91 Å². The van der Waals surface area contributed by atoms with Crippen molar-refractivity contribution in [2.24, 2.45) is 0 Å². The smallest absolute Gasteiger partial charge is 0.338 e. The lowest BCUT2D eigenvalue weighted by molar-refractivity contribution is -0.139. The van der Waals surface area contributed by atoms with Crippen molar-refractivity contribution < 1.29 is 23.9 Å². The second kappa shape index (κ2) is 11.5. The van der Waals surface area contributed by atoms with Crippen LogP contribution in [0.25, 0.3) is 0 Å². The molecule has 0 aliphatic carbocycles. The third-order valence-electron chi connectivity index (χ3n) is 6.80. The highest BCUT2D eigenvalue weighted by molar-refractivity contribution is 5.95. The van der Waals surface area contributed by atoms with Crippen molar-refractivity contribution in [3.05, 3.63) is 76.5 Å². The van der Waals surface area contributed by atoms with Crippen LogP contribution in [0.3, 0.4) is 0 Å². The van der Waals surface area contributed by atoms with Gasteiger partial charge in [0.15, 0.2) is 0 Å². The van der Waals surface area contributed by atoms with Gasteiger partial charge in [-0.15, -0.1) is 0 Å². The average molecular weight is 507 g/mol. The lowest BCUT2D eigenvalue weighted by Gasteiger charge is -2.39. The van der Waals surface area contributed by atoms with Crippen LogP contribution in [0.1, 0.15) is 34.5 Å². The minimum absolute atomic E-state index is 0.0429. The van der Waals surface area contributed by atoms with E-state index in [9.17, 15) is 14.4 Å². The Balaban J connectivity index is 1.55. The SMILES string of the molecule is CCOC(=O)C1=C(CN2CCN(C(=O)c3cccc(OC)c3)CC2)N(C)C(=O)N[C@H]1c1cccc(C)c1. The number of hydrogen-bond donors (Lipinski definition) is 1. The van der Waals surface area contributed by atoms with Crippen molar-refractivity contribution in [2.45, 2.75) is 19.9 Å². The van der Waals surface area contributed by atoms with Crippen LogP contribution in [0.4, 0.5) is 4.79 Å². The molecule has 0 spiro atoms. The van der Waals surface area contributed by atoms with Crippen LogP contribution >= 0.6 is 0 Å². The Kier molecular flexibility index (Phi) is 8.13. The number of rotatable bonds is 7. The van der Waals surface area contributed by atoms with E-state index < -0.39 is 12.0 Å². The molecule has 2 aromatic rings. The van der Waals surface area contributed by atoms with Gasteiger partial charge in [0.05, 0.1) is 25.3 Å². The zero-order valence-electron chi connectivity index (χ0n) is 21.8. The summed E-state index contributed by atoms with van der Waals surface area (Å²) in [6, 6.07) is 14.0. The molecule has 37 heavy (non-hydrogen) atoms. The van der Waals surface area contributed by atoms with E-state index in [2.05, 4.69) is 10.2 Å². The van der Waals surface area contributed by atoms with Crippen LogP contribution in [-0.2, 0) is 9.53 Å². The van der Waals surface area contributed by atoms with Crippen molar-refractivity contribution >= 4 is 17.9 Å². The second-order valence-corrected chi connectivity index (χ2v) is 9.24. The first-order valence-corrected chi connectivity index (χ1v) is 12.5. The predicted octanol–water partition coefficient (Wildman–Crippen LogP) is 2.97. The average Bonchev–Trinajstić information content (AvgIpc) is 2.91. The van der Waals surface area contributed by atoms with E-state index in [-0.39, 0.29) is 18.5 Å². The van der Waals surface area contributed by atoms with Crippen LogP contribution < -0.4 is 10.1 Å². The predicted molar refractivity (Wildman–Crippen MR) is 139 cm³/mol. The zero-order chi connectivity index (χ0) is 26.5. The summed E-state index contributed by atoms with van der Waals surface area (Å²) in [5.74, 6) is 0.158. The Bertz CT molecular complexity index is 1200. The minimum Gasteiger partial charge on any atom is -0.497 e. The molecule has 2 aliphatic rings. The molecule has 0 radical (unpaired) electrons. The number of esters is 1. The molecule has 9 heteroatoms. The Morgan fingerprint density at radius 1 is 1.05 bits per heavy atom. The second-order valence-electron chi connectivity index (χ2n) is 9.24. The monoisotopic (exact) mass is 506 g/mol. The molecule has 196 valence electrons. The third-order valence-corrected chi connectivity index (χ3v) is 6.80. The largest absolute Gasteiger partial charge is 0.497 e. The van der Waals surface area contributed by atoms with E-state index in [1.807, 2.05) is 42.2 Å². The molecule has 1 saturated heterocycles. The van der Waals surface area contributed by atoms with Gasteiger partial charge in [0, 0.05) is 51.0 Å². The number of carbonyl (C=O) groups excluding carboxylic acids is 3. The number of hydrogen-bond acceptors (Lipinski definition) is 6. The first-order chi connectivity index (χ1) is 17.8. The lowest BCUT2D eigenvalue weighted by atomic mass is 9.93. The van der Waals surface area contributed by atoms with Crippen molar-refractivity contribution in [3.8, 4) is 5.75 Å². The first kappa shape index (κ1) is 26.2. The Labute approximate surface area is 217 Å². The van der Waals surface area contributed by atoms with E-state index in [0.29, 0.717) is 55.3 Å². The van der Waals surface area contributed by atoms with Crippen molar-refractivity contribution in [2.75, 3.05) is 53.5 Å². The molecule has 0 bridgehead atoms. The summed E-state index contributed by atoms with van der Waals surface area (Å²) in [6.07, 6.45) is 0. The number of urea groups is 1. The molecule has 9 nitrogen and oxygen atoms in total. The molecule has 2 heterocycles. The quantitative estimate of drug-likeness (QED) is 0.581. The summed E-state index contributed by atoms with van der Waals surface area (Å²) in [7, 11) is 3.24. The fourth-order valence-corrected chi connectivity index (χ4v) is 4.76. The summed E-state index contributed by atoms with van der Waals surface area (Å²) in [6.45, 7) is 6.66. The fraction of sp³-hybridized carbons (Fsp3) is 0.393. The maximum absolute atomic E-state index is 13.2. The van der Waals surface area contributed by atoms with Gasteiger partial charge in [-0.1, -0.05) is 35.9 Å². The standard InChI is InChI=1S/C28H34N4O5/c1-5-37-27(34)24-23(30(3)28(35)29-25(24)20-9-6-8-19(2)16-20)18-31-12-14-32(15-13-31)26(33)21-10-7-11-22(17-21)36-4/h6-11,16-17,25H,5,12-15,18H2,1-4H3,(H,29,35)/t25-/m0/s1. The van der Waals surface area contributed by atoms with Crippen LogP contribution in [0.15, 0.2) is 59.8 Å². The third kappa shape index (κ3) is 5.77. The van der Waals surface area contributed by atoms with Gasteiger partial charge in [-0.3, -0.25) is 14.6 Å². The summed E-state index contributed by atoms with van der Waals surface area (Å²) in [4.78, 5) is 44.6. The van der Waals surface area contributed by atoms with Gasteiger partial charge in [-0.05, 0) is 37.6 Å². The van der Waals surface area contributed by atoms with E-state index in [1.165, 1.54) is 4.90 Å². The minimum atomic E-state index is -0.603. The zero-order valence-corrected chi connectivity index (χ0v) is 21.8. The first-order valence-electron chi connectivity index (χ1n) is 12.5. The molecular weight excluding hydrogens is 472 g/mol. The van der Waals surface area contributed by atoms with E-state index in [0.717, 1.165) is 11.1 Å². The molecule has 3 amide bonds. The number of likely N-dealkylation sites (N-methyl/N-ethyl adjacent to an activating group) is 1. The number of nitrogens with zero attached hydrogens (tertiary/aromatic N) is 3. The summed E-state index contributed by atoms with van der Waals surface area (Å²) < 4.78 is 10.7. The highest BCUT2D eigenvalue weighted by atomic mass is 16.5. The van der Waals surface area contributed by atoms with Crippen LogP contribution in [0, 0.1) is 6.92 Å². The molecule has 1 atom stereocenters. The maximum Gasteiger partial charge on any atom is 0.338 e. The number of benzene rings is 2. The van der Waals surface area contributed by atoms with E-state index in [1.54, 1.807) is 39.3 Å². The number of carbonyl (C=O) groups is 3. The molecule has 1 fully saturated rings. The number of ether oxygens (including phenoxy) is 2. The Morgan fingerprint density at radius 3 is 2.46 bits per heavy atom. The van der Waals surface area contributed by atoms with Gasteiger partial charge in [0.2, 0.25) is 0 Å². The number of methoxy groups -OCH3 is 1. The van der Waals surface area contributed by atoms with Gasteiger partial charge in [-0.25, -0.2) is 9.59 Å². The molecular formula is C28H34N4O5. The molecule has 2 aliphatic heterocycles. The lowest BCUT2D eigenvalue weighted by Crippen LogP contribution is -2.53. The van der Waals surface area contributed by atoms with Gasteiger partial charge in [-0.2, -0.15) is 0 Å². The van der Waals surface area contributed by atoms with Gasteiger partial charge in [0.1, 0.15) is 5.75 Å². The Hall–Kier alpha value is -3.85. The van der Waals surface area contributed by atoms with Crippen molar-refractivity contribution in [3.63, 3.8) is 0 Å². The molecule has 0 unspecified atom stereocenters. The van der Waals surface area contributed by atoms with Crippen LogP contribution in [0.5, 0.6) is 5.75 Å². The normalized spacial score (nSPS) is 18.5. The van der Waals surface area contributed by atoms with Crippen LogP contribution in [0.2, 0.25) is 0 Å². The molecule has 0 aromatic heterocycles. The molecule has 1 N–H and O–H groups in total. The Morgan fingerprint density at radius 2 is 1.78 bits per heavy atom. The number of nitrogens with one attached hydrogen (secondary N) is 1. The van der Waals surface area contributed by atoms with E-state index >= 15 is 0 Å². The highest BCUT2D eigenvalue weighted by Crippen LogP contribution is 2.32. The molecule has 4 rings (SSSR count). The van der Waals surface area contributed by atoms with Crippen molar-refractivity contribution in [1.29, 1.82) is 0 Å². The number of piperazine rings is 1. The van der Waals surface area contributed by atoms with Crippen molar-refractivity contribution in [1.82, 2.24) is 20.0 Å². The fourth-order valence-electron chi connectivity index (χ4n) is 4.76. The van der Waals surface area contributed by atoms with E-state index in [4.69, 9.17) is 9.47 Å². The van der Waals surface area contributed by atoms with Crippen LogP contribution in [-0.4, -0.2) is 86.1 Å². The summed E-state index contributed by atoms with van der Waals surface area (Å²) in [5, 5.41) is 2.96. The van der Waals surface area contributed by atoms with Gasteiger partial charge < -0.3 is 19.7 Å². The molecule has 2 aromatic carbocycles. The molecule has 0 saturated carbocycles. The maximum atomic E-state index is 13.2. The topological polar surface area (TPSA) is 91.4 Å².